The highest BCUT2D eigenvalue weighted by molar-refractivity contribution is 5.94. The first-order chi connectivity index (χ1) is 13.2. The number of hydrogen-bond acceptors (Lipinski definition) is 4. The summed E-state index contributed by atoms with van der Waals surface area (Å²) in [6.07, 6.45) is 4.23. The third-order valence-electron chi connectivity index (χ3n) is 5.60. The SMILES string of the molecule is Cc1ccc(-n2nc(C(=O)NCCN3CCNCC3)c3c2CCCC3)cc1.Cl. The normalized spacial score (nSPS) is 16.9. The first kappa shape index (κ1) is 20.8. The van der Waals surface area contributed by atoms with E-state index in [1.165, 1.54) is 11.3 Å². The largest absolute Gasteiger partial charge is 0.349 e. The molecular formula is C21H30ClN5O. The lowest BCUT2D eigenvalue weighted by Gasteiger charge is -2.27. The summed E-state index contributed by atoms with van der Waals surface area (Å²) in [6, 6.07) is 8.37. The van der Waals surface area contributed by atoms with Crippen LogP contribution in [0.25, 0.3) is 5.69 Å². The minimum absolute atomic E-state index is 0. The Morgan fingerprint density at radius 2 is 1.86 bits per heavy atom. The molecule has 2 heterocycles. The quantitative estimate of drug-likeness (QED) is 0.802. The molecule has 1 aliphatic heterocycles. The second-order valence-corrected chi connectivity index (χ2v) is 7.58. The van der Waals surface area contributed by atoms with E-state index in [0.717, 1.165) is 69.7 Å². The summed E-state index contributed by atoms with van der Waals surface area (Å²) in [4.78, 5) is 15.2. The van der Waals surface area contributed by atoms with Crippen molar-refractivity contribution in [2.24, 2.45) is 0 Å². The van der Waals surface area contributed by atoms with Crippen molar-refractivity contribution in [1.82, 2.24) is 25.3 Å². The van der Waals surface area contributed by atoms with E-state index in [0.29, 0.717) is 12.2 Å². The average molecular weight is 404 g/mol. The average Bonchev–Trinajstić information content (AvgIpc) is 3.09. The molecule has 2 N–H and O–H groups in total. The zero-order valence-corrected chi connectivity index (χ0v) is 17.4. The van der Waals surface area contributed by atoms with Gasteiger partial charge in [0.05, 0.1) is 5.69 Å². The van der Waals surface area contributed by atoms with Gasteiger partial charge in [0.25, 0.3) is 5.91 Å². The van der Waals surface area contributed by atoms with Gasteiger partial charge in [-0.2, -0.15) is 5.10 Å². The summed E-state index contributed by atoms with van der Waals surface area (Å²) in [7, 11) is 0. The highest BCUT2D eigenvalue weighted by atomic mass is 35.5. The van der Waals surface area contributed by atoms with Gasteiger partial charge in [-0.15, -0.1) is 12.4 Å². The third kappa shape index (κ3) is 4.57. The smallest absolute Gasteiger partial charge is 0.272 e. The minimum Gasteiger partial charge on any atom is -0.349 e. The predicted molar refractivity (Wildman–Crippen MR) is 114 cm³/mol. The molecule has 1 aromatic carbocycles. The first-order valence-corrected chi connectivity index (χ1v) is 10.1. The zero-order valence-electron chi connectivity index (χ0n) is 16.5. The van der Waals surface area contributed by atoms with Crippen molar-refractivity contribution >= 4 is 18.3 Å². The van der Waals surface area contributed by atoms with Crippen LogP contribution in [0.4, 0.5) is 0 Å². The third-order valence-corrected chi connectivity index (χ3v) is 5.60. The van der Waals surface area contributed by atoms with Crippen molar-refractivity contribution in [3.63, 3.8) is 0 Å². The van der Waals surface area contributed by atoms with Crippen LogP contribution in [0, 0.1) is 6.92 Å². The van der Waals surface area contributed by atoms with Crippen molar-refractivity contribution in [3.05, 3.63) is 46.8 Å². The number of nitrogens with zero attached hydrogens (tertiary/aromatic N) is 3. The van der Waals surface area contributed by atoms with E-state index < -0.39 is 0 Å². The highest BCUT2D eigenvalue weighted by Gasteiger charge is 2.25. The fourth-order valence-corrected chi connectivity index (χ4v) is 4.03. The minimum atomic E-state index is -0.0332. The fourth-order valence-electron chi connectivity index (χ4n) is 4.03. The van der Waals surface area contributed by atoms with Crippen LogP contribution in [-0.4, -0.2) is 59.9 Å². The number of rotatable bonds is 5. The predicted octanol–water partition coefficient (Wildman–Crippen LogP) is 2.12. The van der Waals surface area contributed by atoms with Crippen LogP contribution in [0.2, 0.25) is 0 Å². The zero-order chi connectivity index (χ0) is 18.6. The fraction of sp³-hybridized carbons (Fsp3) is 0.524. The summed E-state index contributed by atoms with van der Waals surface area (Å²) < 4.78 is 1.99. The molecule has 0 unspecified atom stereocenters. The molecule has 152 valence electrons. The van der Waals surface area contributed by atoms with E-state index in [-0.39, 0.29) is 18.3 Å². The summed E-state index contributed by atoms with van der Waals surface area (Å²) in [5.41, 5.74) is 5.23. The second-order valence-electron chi connectivity index (χ2n) is 7.58. The summed E-state index contributed by atoms with van der Waals surface area (Å²) >= 11 is 0. The van der Waals surface area contributed by atoms with Crippen molar-refractivity contribution in [2.75, 3.05) is 39.3 Å². The molecule has 1 aromatic heterocycles. The lowest BCUT2D eigenvalue weighted by Crippen LogP contribution is -2.46. The summed E-state index contributed by atoms with van der Waals surface area (Å²) in [5.74, 6) is -0.0332. The van der Waals surface area contributed by atoms with Crippen LogP contribution in [-0.2, 0) is 12.8 Å². The Labute approximate surface area is 173 Å². The van der Waals surface area contributed by atoms with E-state index in [1.54, 1.807) is 0 Å². The highest BCUT2D eigenvalue weighted by Crippen LogP contribution is 2.27. The Morgan fingerprint density at radius 3 is 2.61 bits per heavy atom. The molecule has 0 saturated carbocycles. The van der Waals surface area contributed by atoms with Crippen LogP contribution < -0.4 is 10.6 Å². The molecule has 0 bridgehead atoms. The lowest BCUT2D eigenvalue weighted by atomic mass is 9.95. The monoisotopic (exact) mass is 403 g/mol. The molecule has 6 nitrogen and oxygen atoms in total. The molecule has 1 saturated heterocycles. The maximum Gasteiger partial charge on any atom is 0.272 e. The standard InChI is InChI=1S/C21H29N5O.ClH/c1-16-6-8-17(9-7-16)26-19-5-3-2-4-18(19)20(24-26)21(27)23-12-15-25-13-10-22-11-14-25;/h6-9,22H,2-5,10-15H2,1H3,(H,23,27);1H. The first-order valence-electron chi connectivity index (χ1n) is 10.1. The Morgan fingerprint density at radius 1 is 1.14 bits per heavy atom. The molecule has 1 fully saturated rings. The summed E-state index contributed by atoms with van der Waals surface area (Å²) in [5, 5.41) is 11.2. The van der Waals surface area contributed by atoms with Gasteiger partial charge in [-0.05, 0) is 44.7 Å². The Hall–Kier alpha value is -1.89. The van der Waals surface area contributed by atoms with E-state index in [4.69, 9.17) is 5.10 Å². The molecule has 1 amide bonds. The molecular weight excluding hydrogens is 374 g/mol. The van der Waals surface area contributed by atoms with Crippen LogP contribution in [0.3, 0.4) is 0 Å². The number of piperazine rings is 1. The van der Waals surface area contributed by atoms with Crippen molar-refractivity contribution in [1.29, 1.82) is 0 Å². The molecule has 2 aromatic rings. The number of benzene rings is 1. The molecule has 0 spiro atoms. The Kier molecular flexibility index (Phi) is 7.10. The number of nitrogens with one attached hydrogen (secondary N) is 2. The van der Waals surface area contributed by atoms with E-state index in [9.17, 15) is 4.79 Å². The van der Waals surface area contributed by atoms with Gasteiger partial charge in [-0.1, -0.05) is 17.7 Å². The van der Waals surface area contributed by atoms with Crippen LogP contribution in [0.5, 0.6) is 0 Å². The van der Waals surface area contributed by atoms with Gasteiger partial charge >= 0.3 is 0 Å². The molecule has 0 radical (unpaired) electrons. The molecule has 1 aliphatic carbocycles. The van der Waals surface area contributed by atoms with E-state index >= 15 is 0 Å². The maximum absolute atomic E-state index is 12.8. The van der Waals surface area contributed by atoms with E-state index in [1.807, 2.05) is 4.68 Å². The molecule has 4 rings (SSSR count). The molecule has 7 heteroatoms. The van der Waals surface area contributed by atoms with Gasteiger partial charge in [0.1, 0.15) is 0 Å². The van der Waals surface area contributed by atoms with Crippen LogP contribution in [0.1, 0.15) is 40.2 Å². The number of carbonyl (C=O) groups excluding carboxylic acids is 1. The van der Waals surface area contributed by atoms with Crippen LogP contribution >= 0.6 is 12.4 Å². The number of hydrogen-bond donors (Lipinski definition) is 2. The van der Waals surface area contributed by atoms with Gasteiger partial charge in [0.15, 0.2) is 5.69 Å². The number of amides is 1. The van der Waals surface area contributed by atoms with Gasteiger partial charge in [0, 0.05) is 50.5 Å². The van der Waals surface area contributed by atoms with Crippen molar-refractivity contribution < 1.29 is 4.79 Å². The topological polar surface area (TPSA) is 62.2 Å². The maximum atomic E-state index is 12.8. The number of fused-ring (bicyclic) bond motifs is 1. The summed E-state index contributed by atoms with van der Waals surface area (Å²) in [6.45, 7) is 7.81. The van der Waals surface area contributed by atoms with Crippen molar-refractivity contribution in [3.8, 4) is 5.69 Å². The number of carbonyl (C=O) groups is 1. The van der Waals surface area contributed by atoms with Crippen LogP contribution in [0.15, 0.2) is 24.3 Å². The molecule has 28 heavy (non-hydrogen) atoms. The molecule has 2 aliphatic rings. The number of halogens is 1. The Balaban J connectivity index is 0.00000225. The Bertz CT molecular complexity index is 796. The van der Waals surface area contributed by atoms with Crippen molar-refractivity contribution in [2.45, 2.75) is 32.6 Å². The van der Waals surface area contributed by atoms with Gasteiger partial charge < -0.3 is 10.6 Å². The van der Waals surface area contributed by atoms with Gasteiger partial charge in [-0.3, -0.25) is 9.69 Å². The molecule has 0 atom stereocenters. The van der Waals surface area contributed by atoms with Gasteiger partial charge in [0.2, 0.25) is 0 Å². The lowest BCUT2D eigenvalue weighted by molar-refractivity contribution is 0.0941. The number of aromatic nitrogens is 2. The van der Waals surface area contributed by atoms with Gasteiger partial charge in [-0.25, -0.2) is 4.68 Å². The number of aryl methyl sites for hydroxylation is 1. The second kappa shape index (κ2) is 9.54. The van der Waals surface area contributed by atoms with E-state index in [2.05, 4.69) is 46.7 Å².